The lowest BCUT2D eigenvalue weighted by Crippen LogP contribution is -2.48. The Morgan fingerprint density at radius 2 is 1.68 bits per heavy atom. The molecule has 0 radical (unpaired) electrons. The molecule has 1 atom stereocenters. The summed E-state index contributed by atoms with van der Waals surface area (Å²) in [5.74, 6) is -0.686. The molecule has 0 bridgehead atoms. The molecule has 9 heteroatoms. The van der Waals surface area contributed by atoms with Crippen LogP contribution < -0.4 is 15.1 Å². The number of alkyl halides is 2. The molecule has 37 heavy (non-hydrogen) atoms. The number of ether oxygens (including phenoxy) is 1. The average molecular weight is 548 g/mol. The van der Waals surface area contributed by atoms with Crippen molar-refractivity contribution in [1.29, 1.82) is 0 Å². The number of furan rings is 1. The van der Waals surface area contributed by atoms with Gasteiger partial charge in [-0.1, -0.05) is 44.7 Å². The SMILES string of the molecule is CCOc1ccccc1N1CCN([P@](=Nc2ccc(SC(F)F)cc2)(c2ccc(C)o2)C(C)(C)C)CC1. The molecule has 1 aromatic heterocycles. The molecule has 1 saturated heterocycles. The number of rotatable bonds is 8. The first-order chi connectivity index (χ1) is 17.6. The lowest BCUT2D eigenvalue weighted by Gasteiger charge is -2.47. The minimum atomic E-state index is -2.45. The fourth-order valence-electron chi connectivity index (χ4n) is 4.83. The maximum Gasteiger partial charge on any atom is 0.288 e. The molecule has 0 unspecified atom stereocenters. The van der Waals surface area contributed by atoms with Gasteiger partial charge in [0, 0.05) is 36.2 Å². The first-order valence-corrected chi connectivity index (χ1v) is 15.2. The Hall–Kier alpha value is -2.28. The van der Waals surface area contributed by atoms with Crippen LogP contribution in [0, 0.1) is 6.92 Å². The van der Waals surface area contributed by atoms with Crippen molar-refractivity contribution in [3.63, 3.8) is 0 Å². The molecule has 4 rings (SSSR count). The monoisotopic (exact) mass is 547 g/mol. The number of nitrogens with zero attached hydrogens (tertiary/aromatic N) is 3. The second kappa shape index (κ2) is 11.6. The highest BCUT2D eigenvalue weighted by Gasteiger charge is 2.44. The molecule has 0 aliphatic carbocycles. The molecule has 0 amide bonds. The highest BCUT2D eigenvalue weighted by atomic mass is 32.2. The highest BCUT2D eigenvalue weighted by Crippen LogP contribution is 2.64. The van der Waals surface area contributed by atoms with Gasteiger partial charge in [0.05, 0.1) is 18.0 Å². The quantitative estimate of drug-likeness (QED) is 0.211. The van der Waals surface area contributed by atoms with Crippen LogP contribution in [0.1, 0.15) is 33.5 Å². The van der Waals surface area contributed by atoms with Crippen LogP contribution in [0.2, 0.25) is 0 Å². The van der Waals surface area contributed by atoms with Gasteiger partial charge >= 0.3 is 0 Å². The van der Waals surface area contributed by atoms with Gasteiger partial charge in [0.2, 0.25) is 0 Å². The van der Waals surface area contributed by atoms with Crippen molar-refractivity contribution in [1.82, 2.24) is 4.67 Å². The van der Waals surface area contributed by atoms with Crippen LogP contribution in [0.25, 0.3) is 0 Å². The molecule has 2 heterocycles. The third-order valence-electron chi connectivity index (χ3n) is 6.46. The van der Waals surface area contributed by atoms with Crippen molar-refractivity contribution >= 4 is 35.8 Å². The third kappa shape index (κ3) is 6.08. The molecule has 1 aliphatic rings. The van der Waals surface area contributed by atoms with Crippen LogP contribution in [0.15, 0.2) is 74.7 Å². The van der Waals surface area contributed by atoms with Crippen molar-refractivity contribution in [2.24, 2.45) is 4.74 Å². The van der Waals surface area contributed by atoms with Gasteiger partial charge in [-0.3, -0.25) is 4.67 Å². The Balaban J connectivity index is 1.73. The van der Waals surface area contributed by atoms with Gasteiger partial charge in [-0.15, -0.1) is 0 Å². The number of benzene rings is 2. The summed E-state index contributed by atoms with van der Waals surface area (Å²) >= 11 is 0.550. The molecule has 3 aromatic rings. The Morgan fingerprint density at radius 1 is 1.00 bits per heavy atom. The van der Waals surface area contributed by atoms with E-state index in [1.54, 1.807) is 12.1 Å². The fraction of sp³-hybridized carbons (Fsp3) is 0.429. The van der Waals surface area contributed by atoms with Crippen LogP contribution in [0.3, 0.4) is 0 Å². The van der Waals surface area contributed by atoms with Crippen molar-refractivity contribution in [3.05, 3.63) is 66.4 Å². The molecule has 0 saturated carbocycles. The first kappa shape index (κ1) is 27.7. The number of para-hydroxylation sites is 2. The van der Waals surface area contributed by atoms with E-state index in [4.69, 9.17) is 13.9 Å². The zero-order valence-electron chi connectivity index (χ0n) is 22.2. The summed E-state index contributed by atoms with van der Waals surface area (Å²) in [6.07, 6.45) is 0. The molecular formula is C28H36F2N3O2PS. The van der Waals surface area contributed by atoms with E-state index in [1.807, 2.05) is 50.2 Å². The number of anilines is 1. The summed E-state index contributed by atoms with van der Waals surface area (Å²) in [4.78, 5) is 2.91. The van der Waals surface area contributed by atoms with Crippen molar-refractivity contribution in [2.75, 3.05) is 37.7 Å². The molecule has 200 valence electrons. The maximum absolute atomic E-state index is 12.9. The number of piperazine rings is 1. The Kier molecular flexibility index (Phi) is 8.72. The van der Waals surface area contributed by atoms with E-state index < -0.39 is 13.0 Å². The van der Waals surface area contributed by atoms with Gasteiger partial charge in [0.25, 0.3) is 5.76 Å². The topological polar surface area (TPSA) is 41.2 Å². The summed E-state index contributed by atoms with van der Waals surface area (Å²) in [6.45, 7) is 14.5. The maximum atomic E-state index is 12.9. The minimum Gasteiger partial charge on any atom is -0.492 e. The number of thioether (sulfide) groups is 1. The number of hydrogen-bond donors (Lipinski definition) is 0. The molecular weight excluding hydrogens is 511 g/mol. The lowest BCUT2D eigenvalue weighted by atomic mass is 10.2. The minimum absolute atomic E-state index is 0.223. The Bertz CT molecular complexity index is 1230. The fourth-order valence-corrected chi connectivity index (χ4v) is 9.42. The summed E-state index contributed by atoms with van der Waals surface area (Å²) in [7, 11) is -2.42. The predicted octanol–water partition coefficient (Wildman–Crippen LogP) is 8.00. The number of aryl methyl sites for hydroxylation is 1. The number of halogens is 2. The predicted molar refractivity (Wildman–Crippen MR) is 152 cm³/mol. The summed E-state index contributed by atoms with van der Waals surface area (Å²) in [6, 6.07) is 19.4. The first-order valence-electron chi connectivity index (χ1n) is 12.6. The van der Waals surface area contributed by atoms with Gasteiger partial charge in [0.1, 0.15) is 18.7 Å². The van der Waals surface area contributed by atoms with E-state index >= 15 is 0 Å². The van der Waals surface area contributed by atoms with Gasteiger partial charge in [-0.25, -0.2) is 4.74 Å². The largest absolute Gasteiger partial charge is 0.492 e. The van der Waals surface area contributed by atoms with E-state index in [-0.39, 0.29) is 5.16 Å². The van der Waals surface area contributed by atoms with Crippen molar-refractivity contribution in [2.45, 2.75) is 50.4 Å². The zero-order valence-corrected chi connectivity index (χ0v) is 23.9. The molecule has 0 spiro atoms. The van der Waals surface area contributed by atoms with Crippen LogP contribution in [0.4, 0.5) is 20.2 Å². The van der Waals surface area contributed by atoms with Gasteiger partial charge in [-0.2, -0.15) is 8.78 Å². The molecule has 2 aromatic carbocycles. The van der Waals surface area contributed by atoms with E-state index in [1.165, 1.54) is 0 Å². The second-order valence-electron chi connectivity index (χ2n) is 9.97. The lowest BCUT2D eigenvalue weighted by molar-refractivity contribution is 0.252. The van der Waals surface area contributed by atoms with Crippen molar-refractivity contribution < 1.29 is 17.9 Å². The molecule has 1 fully saturated rings. The van der Waals surface area contributed by atoms with E-state index in [9.17, 15) is 8.78 Å². The van der Waals surface area contributed by atoms with Crippen LogP contribution in [0.5, 0.6) is 5.75 Å². The zero-order chi connectivity index (χ0) is 26.6. The third-order valence-corrected chi connectivity index (χ3v) is 11.6. The van der Waals surface area contributed by atoms with Crippen molar-refractivity contribution in [3.8, 4) is 5.75 Å². The molecule has 5 nitrogen and oxygen atoms in total. The highest BCUT2D eigenvalue weighted by molar-refractivity contribution is 7.99. The van der Waals surface area contributed by atoms with Gasteiger partial charge in [-0.05, 0) is 62.4 Å². The van der Waals surface area contributed by atoms with Crippen LogP contribution >= 0.6 is 19.0 Å². The van der Waals surface area contributed by atoms with E-state index in [2.05, 4.69) is 42.5 Å². The average Bonchev–Trinajstić information content (AvgIpc) is 3.29. The summed E-state index contributed by atoms with van der Waals surface area (Å²) < 4.78 is 45.9. The summed E-state index contributed by atoms with van der Waals surface area (Å²) in [5.41, 5.74) is 2.79. The second-order valence-corrected chi connectivity index (χ2v) is 14.8. The normalized spacial score (nSPS) is 16.6. The summed E-state index contributed by atoms with van der Waals surface area (Å²) in [5, 5.41) is -0.223. The van der Waals surface area contributed by atoms with Gasteiger partial charge in [0.15, 0.2) is 5.50 Å². The smallest absolute Gasteiger partial charge is 0.288 e. The Morgan fingerprint density at radius 3 is 2.24 bits per heavy atom. The van der Waals surface area contributed by atoms with Crippen LogP contribution in [-0.4, -0.2) is 48.4 Å². The number of hydrogen-bond acceptors (Lipinski definition) is 5. The molecule has 0 N–H and O–H groups in total. The van der Waals surface area contributed by atoms with E-state index in [0.29, 0.717) is 23.3 Å². The molecule has 1 aliphatic heterocycles. The van der Waals surface area contributed by atoms with Crippen LogP contribution in [-0.2, 0) is 0 Å². The Labute approximate surface area is 223 Å². The van der Waals surface area contributed by atoms with E-state index in [0.717, 1.165) is 54.6 Å². The van der Waals surface area contributed by atoms with Gasteiger partial charge < -0.3 is 14.1 Å². The standard InChI is InChI=1S/C28H36F2N3O2PS/c1-6-34-25-10-8-7-9-24(25)32-17-19-33(20-18-32)36(28(3,4)5,26-16-11-21(2)35-26)31-22-12-14-23(15-13-22)37-27(29)30/h7-16,27H,6,17-20H2,1-5H3/t36-/m1/s1.